The lowest BCUT2D eigenvalue weighted by Crippen LogP contribution is -2.10. The molecule has 0 spiro atoms. The van der Waals surface area contributed by atoms with E-state index in [1.165, 1.54) is 5.56 Å². The molecule has 4 nitrogen and oxygen atoms in total. The number of hydrogen-bond donors (Lipinski definition) is 2. The molecule has 0 fully saturated rings. The molecule has 0 saturated heterocycles. The largest absolute Gasteiger partial charge is 0.370 e. The second kappa shape index (κ2) is 7.09. The van der Waals surface area contributed by atoms with Crippen LogP contribution in [0, 0.1) is 0 Å². The minimum Gasteiger partial charge on any atom is -0.370 e. The summed E-state index contributed by atoms with van der Waals surface area (Å²) in [7, 11) is 0. The van der Waals surface area contributed by atoms with Crippen LogP contribution < -0.4 is 10.6 Å². The van der Waals surface area contributed by atoms with E-state index in [0.29, 0.717) is 0 Å². The number of nitrogens with one attached hydrogen (secondary N) is 2. The highest BCUT2D eigenvalue weighted by molar-refractivity contribution is 7.07. The van der Waals surface area contributed by atoms with Crippen LogP contribution in [-0.2, 0) is 13.0 Å². The lowest BCUT2D eigenvalue weighted by molar-refractivity contribution is 0.944. The van der Waals surface area contributed by atoms with E-state index in [1.54, 1.807) is 17.7 Å². The molecule has 2 aromatic heterocycles. The van der Waals surface area contributed by atoms with E-state index >= 15 is 0 Å². The van der Waals surface area contributed by atoms with Gasteiger partial charge in [-0.25, -0.2) is 9.97 Å². The van der Waals surface area contributed by atoms with Gasteiger partial charge in [0.05, 0.1) is 0 Å². The lowest BCUT2D eigenvalue weighted by Gasteiger charge is -2.13. The van der Waals surface area contributed by atoms with Crippen LogP contribution in [0.2, 0.25) is 0 Å². The first-order chi connectivity index (χ1) is 9.35. The highest BCUT2D eigenvalue weighted by Crippen LogP contribution is 2.21. The van der Waals surface area contributed by atoms with Gasteiger partial charge in [-0.1, -0.05) is 13.8 Å². The van der Waals surface area contributed by atoms with Crippen molar-refractivity contribution in [2.24, 2.45) is 0 Å². The van der Waals surface area contributed by atoms with E-state index in [2.05, 4.69) is 51.3 Å². The molecule has 2 heterocycles. The van der Waals surface area contributed by atoms with Crippen LogP contribution in [0.25, 0.3) is 0 Å². The summed E-state index contributed by atoms with van der Waals surface area (Å²) in [4.78, 5) is 8.69. The minimum absolute atomic E-state index is 0.806. The van der Waals surface area contributed by atoms with Crippen LogP contribution in [0.3, 0.4) is 0 Å². The second-order valence-electron chi connectivity index (χ2n) is 4.31. The van der Waals surface area contributed by atoms with Crippen molar-refractivity contribution >= 4 is 23.0 Å². The highest BCUT2D eigenvalue weighted by Gasteiger charge is 2.09. The van der Waals surface area contributed by atoms with Gasteiger partial charge in [0.25, 0.3) is 0 Å². The minimum atomic E-state index is 0.806. The molecule has 5 heteroatoms. The van der Waals surface area contributed by atoms with Crippen molar-refractivity contribution in [1.29, 1.82) is 0 Å². The standard InChI is InChI=1S/C14H20N4S/c1-3-6-15-13-12(4-2)14(18-10-17-13)16-8-11-5-7-19-9-11/h5,7,9-10H,3-4,6,8H2,1-2H3,(H2,15,16,17,18). The molecule has 0 atom stereocenters. The van der Waals surface area contributed by atoms with Gasteiger partial charge >= 0.3 is 0 Å². The van der Waals surface area contributed by atoms with Gasteiger partial charge in [0.2, 0.25) is 0 Å². The fourth-order valence-electron chi connectivity index (χ4n) is 1.87. The molecule has 2 N–H and O–H groups in total. The van der Waals surface area contributed by atoms with E-state index in [9.17, 15) is 0 Å². The molecule has 0 amide bonds. The van der Waals surface area contributed by atoms with Crippen LogP contribution >= 0.6 is 11.3 Å². The first-order valence-corrected chi connectivity index (χ1v) is 7.62. The molecule has 2 aromatic rings. The summed E-state index contributed by atoms with van der Waals surface area (Å²) < 4.78 is 0. The van der Waals surface area contributed by atoms with Gasteiger partial charge in [-0.15, -0.1) is 0 Å². The van der Waals surface area contributed by atoms with Crippen molar-refractivity contribution < 1.29 is 0 Å². The molecule has 2 rings (SSSR count). The fraction of sp³-hybridized carbons (Fsp3) is 0.429. The zero-order chi connectivity index (χ0) is 13.5. The summed E-state index contributed by atoms with van der Waals surface area (Å²) in [5, 5.41) is 11.0. The zero-order valence-electron chi connectivity index (χ0n) is 11.4. The van der Waals surface area contributed by atoms with Gasteiger partial charge in [0, 0.05) is 18.7 Å². The van der Waals surface area contributed by atoms with Crippen molar-refractivity contribution in [2.75, 3.05) is 17.2 Å². The first kappa shape index (κ1) is 13.8. The molecule has 102 valence electrons. The molecule has 0 unspecified atom stereocenters. The van der Waals surface area contributed by atoms with E-state index in [-0.39, 0.29) is 0 Å². The molecule has 0 aliphatic carbocycles. The van der Waals surface area contributed by atoms with Crippen molar-refractivity contribution in [2.45, 2.75) is 33.2 Å². The summed E-state index contributed by atoms with van der Waals surface area (Å²) in [5.74, 6) is 1.88. The Morgan fingerprint density at radius 1 is 1.16 bits per heavy atom. The average Bonchev–Trinajstić information content (AvgIpc) is 2.96. The monoisotopic (exact) mass is 276 g/mol. The Labute approximate surface area is 118 Å². The molecule has 0 aromatic carbocycles. The third-order valence-corrected chi connectivity index (χ3v) is 3.61. The lowest BCUT2D eigenvalue weighted by atomic mass is 10.2. The van der Waals surface area contributed by atoms with Gasteiger partial charge in [-0.3, -0.25) is 0 Å². The van der Waals surface area contributed by atoms with E-state index in [1.807, 2.05) is 0 Å². The third kappa shape index (κ3) is 3.67. The van der Waals surface area contributed by atoms with Crippen LogP contribution in [0.1, 0.15) is 31.4 Å². The second-order valence-corrected chi connectivity index (χ2v) is 5.09. The molecular formula is C14H20N4S. The predicted octanol–water partition coefficient (Wildman–Crippen LogP) is 3.53. The number of hydrogen-bond acceptors (Lipinski definition) is 5. The molecule has 0 aliphatic heterocycles. The van der Waals surface area contributed by atoms with Crippen LogP contribution in [0.15, 0.2) is 23.2 Å². The number of anilines is 2. The zero-order valence-corrected chi connectivity index (χ0v) is 12.3. The van der Waals surface area contributed by atoms with Gasteiger partial charge in [0.15, 0.2) is 0 Å². The third-order valence-electron chi connectivity index (χ3n) is 2.88. The van der Waals surface area contributed by atoms with Gasteiger partial charge in [0.1, 0.15) is 18.0 Å². The molecular weight excluding hydrogens is 256 g/mol. The van der Waals surface area contributed by atoms with Crippen LogP contribution in [0.5, 0.6) is 0 Å². The van der Waals surface area contributed by atoms with Gasteiger partial charge in [-0.05, 0) is 35.2 Å². The molecule has 0 saturated carbocycles. The van der Waals surface area contributed by atoms with Crippen LogP contribution in [0.4, 0.5) is 11.6 Å². The topological polar surface area (TPSA) is 49.8 Å². The number of aromatic nitrogens is 2. The number of nitrogens with zero attached hydrogens (tertiary/aromatic N) is 2. The Hall–Kier alpha value is -1.62. The van der Waals surface area contributed by atoms with Crippen molar-refractivity contribution in [1.82, 2.24) is 9.97 Å². The Bertz CT molecular complexity index is 496. The Morgan fingerprint density at radius 3 is 2.58 bits per heavy atom. The quantitative estimate of drug-likeness (QED) is 0.812. The Morgan fingerprint density at radius 2 is 1.95 bits per heavy atom. The Kier molecular flexibility index (Phi) is 5.15. The van der Waals surface area contributed by atoms with Crippen molar-refractivity contribution in [3.8, 4) is 0 Å². The van der Waals surface area contributed by atoms with Crippen LogP contribution in [-0.4, -0.2) is 16.5 Å². The van der Waals surface area contributed by atoms with Gasteiger partial charge in [-0.2, -0.15) is 11.3 Å². The van der Waals surface area contributed by atoms with Gasteiger partial charge < -0.3 is 10.6 Å². The number of thiophene rings is 1. The molecule has 0 aliphatic rings. The smallest absolute Gasteiger partial charge is 0.134 e. The number of rotatable bonds is 7. The maximum Gasteiger partial charge on any atom is 0.134 e. The SMILES string of the molecule is CCCNc1ncnc(NCc2ccsc2)c1CC. The normalized spacial score (nSPS) is 10.4. The maximum absolute atomic E-state index is 4.36. The predicted molar refractivity (Wildman–Crippen MR) is 81.8 cm³/mol. The first-order valence-electron chi connectivity index (χ1n) is 6.67. The van der Waals surface area contributed by atoms with E-state index in [4.69, 9.17) is 0 Å². The fourth-order valence-corrected chi connectivity index (χ4v) is 2.54. The molecule has 0 radical (unpaired) electrons. The average molecular weight is 276 g/mol. The van der Waals surface area contributed by atoms with E-state index < -0.39 is 0 Å². The summed E-state index contributed by atoms with van der Waals surface area (Å²) in [6.45, 7) is 6.02. The van der Waals surface area contributed by atoms with Crippen molar-refractivity contribution in [3.05, 3.63) is 34.3 Å². The Balaban J connectivity index is 2.10. The van der Waals surface area contributed by atoms with E-state index in [0.717, 1.165) is 43.1 Å². The van der Waals surface area contributed by atoms with Crippen molar-refractivity contribution in [3.63, 3.8) is 0 Å². The summed E-state index contributed by atoms with van der Waals surface area (Å²) >= 11 is 1.71. The summed E-state index contributed by atoms with van der Waals surface area (Å²) in [6, 6.07) is 2.13. The maximum atomic E-state index is 4.36. The molecule has 19 heavy (non-hydrogen) atoms. The highest BCUT2D eigenvalue weighted by atomic mass is 32.1. The summed E-state index contributed by atoms with van der Waals surface area (Å²) in [6.07, 6.45) is 3.62. The summed E-state index contributed by atoms with van der Waals surface area (Å²) in [5.41, 5.74) is 2.44. The molecule has 0 bridgehead atoms.